The third-order valence-electron chi connectivity index (χ3n) is 4.10. The van der Waals surface area contributed by atoms with Crippen molar-refractivity contribution in [2.24, 2.45) is 0 Å². The Labute approximate surface area is 171 Å². The molecule has 1 aromatic heterocycles. The van der Waals surface area contributed by atoms with Crippen LogP contribution in [0.15, 0.2) is 45.7 Å². The van der Waals surface area contributed by atoms with Gasteiger partial charge in [0.2, 0.25) is 0 Å². The predicted molar refractivity (Wildman–Crippen MR) is 108 cm³/mol. The zero-order valence-electron chi connectivity index (χ0n) is 15.3. The van der Waals surface area contributed by atoms with E-state index >= 15 is 0 Å². The van der Waals surface area contributed by atoms with Crippen molar-refractivity contribution in [1.82, 2.24) is 4.90 Å². The number of imide groups is 1. The van der Waals surface area contributed by atoms with Crippen LogP contribution in [0.5, 0.6) is 0 Å². The largest absolute Gasteiger partial charge is 0.461 e. The molecule has 0 N–H and O–H groups in total. The summed E-state index contributed by atoms with van der Waals surface area (Å²) in [7, 11) is 0. The molecule has 0 saturated carbocycles. The van der Waals surface area contributed by atoms with E-state index in [0.717, 1.165) is 22.2 Å². The van der Waals surface area contributed by atoms with Crippen molar-refractivity contribution in [3.8, 4) is 11.3 Å². The van der Waals surface area contributed by atoms with E-state index < -0.39 is 23.7 Å². The highest BCUT2D eigenvalue weighted by atomic mass is 35.5. The molecule has 1 saturated heterocycles. The average Bonchev–Trinajstić information content (AvgIpc) is 3.23. The fourth-order valence-corrected chi connectivity index (χ4v) is 3.38. The quantitative estimate of drug-likeness (QED) is 0.485. The van der Waals surface area contributed by atoms with Gasteiger partial charge in [0, 0.05) is 16.7 Å². The molecule has 2 heterocycles. The van der Waals surface area contributed by atoms with Crippen molar-refractivity contribution in [1.29, 1.82) is 0 Å². The number of benzene rings is 1. The van der Waals surface area contributed by atoms with Crippen LogP contribution in [-0.2, 0) is 14.3 Å². The molecule has 1 fully saturated rings. The fraction of sp³-hybridized carbons (Fsp3) is 0.250. The van der Waals surface area contributed by atoms with Crippen LogP contribution in [0.1, 0.15) is 26.0 Å². The number of thioether (sulfide) groups is 1. The molecule has 0 bridgehead atoms. The van der Waals surface area contributed by atoms with E-state index in [2.05, 4.69) is 0 Å². The minimum absolute atomic E-state index is 0.193. The molecule has 1 aliphatic rings. The second-order valence-electron chi connectivity index (χ2n) is 6.19. The number of halogens is 1. The first-order valence-corrected chi connectivity index (χ1v) is 9.87. The minimum atomic E-state index is -0.610. The highest BCUT2D eigenvalue weighted by molar-refractivity contribution is 8.18. The smallest absolute Gasteiger partial charge is 0.326 e. The fourth-order valence-electron chi connectivity index (χ4n) is 2.44. The highest BCUT2D eigenvalue weighted by Crippen LogP contribution is 2.33. The summed E-state index contributed by atoms with van der Waals surface area (Å²) in [4.78, 5) is 37.5. The van der Waals surface area contributed by atoms with Crippen LogP contribution >= 0.6 is 23.4 Å². The molecule has 2 aromatic rings. The second kappa shape index (κ2) is 8.67. The summed E-state index contributed by atoms with van der Waals surface area (Å²) in [5, 5.41) is 0.109. The Morgan fingerprint density at radius 3 is 2.64 bits per heavy atom. The number of hydrogen-bond acceptors (Lipinski definition) is 6. The first-order chi connectivity index (χ1) is 13.4. The number of carbonyl (C=O) groups excluding carboxylic acids is 3. The Balaban J connectivity index is 1.71. The van der Waals surface area contributed by atoms with Crippen LogP contribution in [0.4, 0.5) is 4.79 Å². The zero-order valence-corrected chi connectivity index (χ0v) is 16.9. The molecule has 6 nitrogen and oxygen atoms in total. The van der Waals surface area contributed by atoms with Crippen molar-refractivity contribution in [2.45, 2.75) is 26.4 Å². The molecular formula is C20H18ClNO5S. The lowest BCUT2D eigenvalue weighted by atomic mass is 10.2. The molecule has 1 aromatic carbocycles. The van der Waals surface area contributed by atoms with Crippen LogP contribution in [-0.4, -0.2) is 34.7 Å². The summed E-state index contributed by atoms with van der Waals surface area (Å²) in [5.74, 6) is -0.113. The number of esters is 1. The van der Waals surface area contributed by atoms with Gasteiger partial charge < -0.3 is 9.15 Å². The number of ether oxygens (including phenoxy) is 1. The third kappa shape index (κ3) is 4.66. The molecule has 1 aliphatic heterocycles. The van der Waals surface area contributed by atoms with Crippen LogP contribution < -0.4 is 0 Å². The molecule has 146 valence electrons. The summed E-state index contributed by atoms with van der Waals surface area (Å²) in [6.07, 6.45) is 1.88. The number of furan rings is 1. The molecule has 3 rings (SSSR count). The number of hydrogen-bond donors (Lipinski definition) is 0. The van der Waals surface area contributed by atoms with E-state index in [9.17, 15) is 14.4 Å². The normalized spacial score (nSPS) is 16.7. The molecule has 0 unspecified atom stereocenters. The Hall–Kier alpha value is -2.51. The summed E-state index contributed by atoms with van der Waals surface area (Å²) >= 11 is 6.65. The lowest BCUT2D eigenvalue weighted by molar-refractivity contribution is -0.150. The maximum absolute atomic E-state index is 12.5. The lowest BCUT2D eigenvalue weighted by Gasteiger charge is -2.14. The van der Waals surface area contributed by atoms with E-state index in [1.165, 1.54) is 6.08 Å². The van der Waals surface area contributed by atoms with Gasteiger partial charge >= 0.3 is 5.97 Å². The van der Waals surface area contributed by atoms with Gasteiger partial charge in [0.05, 0.1) is 11.0 Å². The van der Waals surface area contributed by atoms with Crippen LogP contribution in [0.3, 0.4) is 0 Å². The lowest BCUT2D eigenvalue weighted by Crippen LogP contribution is -2.35. The van der Waals surface area contributed by atoms with Gasteiger partial charge in [-0.05, 0) is 61.5 Å². The molecule has 1 atom stereocenters. The Bertz CT molecular complexity index is 934. The average molecular weight is 420 g/mol. The van der Waals surface area contributed by atoms with Crippen molar-refractivity contribution in [3.05, 3.63) is 52.1 Å². The molecule has 2 amide bonds. The van der Waals surface area contributed by atoms with Crippen LogP contribution in [0.2, 0.25) is 5.02 Å². The van der Waals surface area contributed by atoms with Crippen molar-refractivity contribution in [3.63, 3.8) is 0 Å². The van der Waals surface area contributed by atoms with E-state index in [1.54, 1.807) is 31.2 Å². The number of carbonyl (C=O) groups is 3. The van der Waals surface area contributed by atoms with E-state index in [4.69, 9.17) is 20.8 Å². The third-order valence-corrected chi connectivity index (χ3v) is 5.26. The molecule has 0 spiro atoms. The summed E-state index contributed by atoms with van der Waals surface area (Å²) in [6, 6.07) is 10.6. The first-order valence-electron chi connectivity index (χ1n) is 8.68. The van der Waals surface area contributed by atoms with Gasteiger partial charge in [-0.3, -0.25) is 19.3 Å². The van der Waals surface area contributed by atoms with E-state index in [0.29, 0.717) is 23.0 Å². The van der Waals surface area contributed by atoms with Crippen molar-refractivity contribution < 1.29 is 23.5 Å². The maximum atomic E-state index is 12.5. The van der Waals surface area contributed by atoms with Gasteiger partial charge in [0.1, 0.15) is 18.1 Å². The van der Waals surface area contributed by atoms with Gasteiger partial charge in [0.15, 0.2) is 0 Å². The van der Waals surface area contributed by atoms with E-state index in [1.807, 2.05) is 19.1 Å². The standard InChI is InChI=1S/C20H18ClNO5S/c1-3-12(2)26-18(23)11-22-19(24)17(28-20(22)25)10-15-8-9-16(27-15)13-4-6-14(21)7-5-13/h4-10,12H,3,11H2,1-2H3/b17-10+/t12-/m1/s1. The number of rotatable bonds is 6. The molecule has 0 aliphatic carbocycles. The molecule has 8 heteroatoms. The summed E-state index contributed by atoms with van der Waals surface area (Å²) in [6.45, 7) is 3.23. The van der Waals surface area contributed by atoms with Crippen molar-refractivity contribution in [2.75, 3.05) is 6.54 Å². The molecule has 0 radical (unpaired) electrons. The van der Waals surface area contributed by atoms with Crippen LogP contribution in [0, 0.1) is 0 Å². The van der Waals surface area contributed by atoms with Gasteiger partial charge in [-0.2, -0.15) is 0 Å². The Kier molecular flexibility index (Phi) is 6.26. The SMILES string of the molecule is CC[C@@H](C)OC(=O)CN1C(=O)S/C(=C/c2ccc(-c3ccc(Cl)cc3)o2)C1=O. The van der Waals surface area contributed by atoms with Gasteiger partial charge in [0.25, 0.3) is 11.1 Å². The first kappa shape index (κ1) is 20.2. The van der Waals surface area contributed by atoms with Gasteiger partial charge in [-0.15, -0.1) is 0 Å². The van der Waals surface area contributed by atoms with Crippen LogP contribution in [0.25, 0.3) is 17.4 Å². The number of nitrogens with zero attached hydrogens (tertiary/aromatic N) is 1. The Morgan fingerprint density at radius 1 is 1.25 bits per heavy atom. The second-order valence-corrected chi connectivity index (χ2v) is 7.62. The van der Waals surface area contributed by atoms with Crippen molar-refractivity contribution >= 4 is 46.6 Å². The Morgan fingerprint density at radius 2 is 1.96 bits per heavy atom. The minimum Gasteiger partial charge on any atom is -0.461 e. The number of amides is 2. The topological polar surface area (TPSA) is 76.8 Å². The molecular weight excluding hydrogens is 402 g/mol. The molecule has 28 heavy (non-hydrogen) atoms. The maximum Gasteiger partial charge on any atom is 0.326 e. The highest BCUT2D eigenvalue weighted by Gasteiger charge is 2.37. The van der Waals surface area contributed by atoms with Gasteiger partial charge in [-0.25, -0.2) is 0 Å². The van der Waals surface area contributed by atoms with Gasteiger partial charge in [-0.1, -0.05) is 18.5 Å². The zero-order chi connectivity index (χ0) is 20.3. The summed E-state index contributed by atoms with van der Waals surface area (Å²) in [5.41, 5.74) is 0.838. The monoisotopic (exact) mass is 419 g/mol. The van der Waals surface area contributed by atoms with E-state index in [-0.39, 0.29) is 11.0 Å². The summed E-state index contributed by atoms with van der Waals surface area (Å²) < 4.78 is 10.9. The predicted octanol–water partition coefficient (Wildman–Crippen LogP) is 4.98.